The summed E-state index contributed by atoms with van der Waals surface area (Å²) < 4.78 is 0. The SMILES string of the molecule is CNC(c1ccc([N+](=O)[O-])cc1)c1ncc(-c2ccc([N+](=O)[O-])cc2)[nH]1. The molecule has 9 heteroatoms. The molecule has 1 heterocycles. The van der Waals surface area contributed by atoms with Gasteiger partial charge in [0.15, 0.2) is 0 Å². The fourth-order valence-electron chi connectivity index (χ4n) is 2.64. The molecule has 0 aliphatic heterocycles. The van der Waals surface area contributed by atoms with Gasteiger partial charge in [0.1, 0.15) is 5.82 Å². The third-order valence-corrected chi connectivity index (χ3v) is 3.98. The van der Waals surface area contributed by atoms with Crippen LogP contribution < -0.4 is 5.32 Å². The van der Waals surface area contributed by atoms with Gasteiger partial charge in [0.25, 0.3) is 11.4 Å². The first-order valence-electron chi connectivity index (χ1n) is 7.71. The Morgan fingerprint density at radius 1 is 0.962 bits per heavy atom. The predicted octanol–water partition coefficient (Wildman–Crippen LogP) is 3.20. The maximum Gasteiger partial charge on any atom is 0.269 e. The lowest BCUT2D eigenvalue weighted by Gasteiger charge is -2.14. The van der Waals surface area contributed by atoms with Gasteiger partial charge in [-0.15, -0.1) is 0 Å². The third kappa shape index (κ3) is 3.42. The first-order chi connectivity index (χ1) is 12.5. The topological polar surface area (TPSA) is 127 Å². The number of nitrogens with one attached hydrogen (secondary N) is 2. The Morgan fingerprint density at radius 3 is 2.00 bits per heavy atom. The summed E-state index contributed by atoms with van der Waals surface area (Å²) in [5.74, 6) is 0.634. The van der Waals surface area contributed by atoms with Crippen molar-refractivity contribution in [3.8, 4) is 11.3 Å². The van der Waals surface area contributed by atoms with Gasteiger partial charge in [0.05, 0.1) is 27.8 Å². The zero-order valence-corrected chi connectivity index (χ0v) is 13.7. The largest absolute Gasteiger partial charge is 0.340 e. The van der Waals surface area contributed by atoms with E-state index in [0.29, 0.717) is 5.82 Å². The molecule has 0 radical (unpaired) electrons. The minimum absolute atomic E-state index is 0.0208. The molecule has 9 nitrogen and oxygen atoms in total. The minimum atomic E-state index is -0.451. The molecule has 0 spiro atoms. The van der Waals surface area contributed by atoms with Crippen molar-refractivity contribution in [1.29, 1.82) is 0 Å². The number of benzene rings is 2. The molecule has 26 heavy (non-hydrogen) atoms. The van der Waals surface area contributed by atoms with Gasteiger partial charge < -0.3 is 10.3 Å². The van der Waals surface area contributed by atoms with Crippen LogP contribution in [0.1, 0.15) is 17.4 Å². The molecule has 0 bridgehead atoms. The Bertz CT molecular complexity index is 935. The molecule has 2 N–H and O–H groups in total. The van der Waals surface area contributed by atoms with E-state index in [9.17, 15) is 20.2 Å². The van der Waals surface area contributed by atoms with Crippen molar-refractivity contribution >= 4 is 11.4 Å². The smallest absolute Gasteiger partial charge is 0.269 e. The second-order valence-electron chi connectivity index (χ2n) is 5.56. The molecule has 0 aliphatic rings. The molecule has 0 fully saturated rings. The summed E-state index contributed by atoms with van der Waals surface area (Å²) in [6, 6.07) is 12.1. The van der Waals surface area contributed by atoms with Crippen molar-refractivity contribution in [3.05, 3.63) is 86.3 Å². The van der Waals surface area contributed by atoms with Crippen LogP contribution in [0.3, 0.4) is 0 Å². The third-order valence-electron chi connectivity index (χ3n) is 3.98. The zero-order valence-electron chi connectivity index (χ0n) is 13.7. The Hall–Kier alpha value is -3.59. The quantitative estimate of drug-likeness (QED) is 0.517. The van der Waals surface area contributed by atoms with E-state index in [-0.39, 0.29) is 17.4 Å². The van der Waals surface area contributed by atoms with Gasteiger partial charge >= 0.3 is 0 Å². The molecule has 1 unspecified atom stereocenters. The van der Waals surface area contributed by atoms with Crippen LogP contribution >= 0.6 is 0 Å². The number of nitro groups is 2. The van der Waals surface area contributed by atoms with E-state index < -0.39 is 9.85 Å². The Balaban J connectivity index is 1.86. The van der Waals surface area contributed by atoms with Gasteiger partial charge in [-0.1, -0.05) is 12.1 Å². The van der Waals surface area contributed by atoms with Gasteiger partial charge in [-0.3, -0.25) is 20.2 Å². The summed E-state index contributed by atoms with van der Waals surface area (Å²) in [6.07, 6.45) is 1.65. The number of hydrogen-bond acceptors (Lipinski definition) is 6. The summed E-state index contributed by atoms with van der Waals surface area (Å²) in [4.78, 5) is 28.2. The predicted molar refractivity (Wildman–Crippen MR) is 94.7 cm³/mol. The van der Waals surface area contributed by atoms with E-state index in [1.165, 1.54) is 24.3 Å². The average Bonchev–Trinajstić information content (AvgIpc) is 3.12. The number of nitro benzene ring substituents is 2. The normalized spacial score (nSPS) is 11.9. The lowest BCUT2D eigenvalue weighted by Crippen LogP contribution is -2.19. The number of hydrogen-bond donors (Lipinski definition) is 2. The Kier molecular flexibility index (Phi) is 4.72. The number of aromatic nitrogens is 2. The van der Waals surface area contributed by atoms with E-state index >= 15 is 0 Å². The number of imidazole rings is 1. The van der Waals surface area contributed by atoms with Crippen molar-refractivity contribution in [2.45, 2.75) is 6.04 Å². The average molecular weight is 353 g/mol. The van der Waals surface area contributed by atoms with Crippen molar-refractivity contribution in [1.82, 2.24) is 15.3 Å². The highest BCUT2D eigenvalue weighted by Crippen LogP contribution is 2.25. The van der Waals surface area contributed by atoms with Crippen molar-refractivity contribution < 1.29 is 9.85 Å². The molecule has 3 rings (SSSR count). The molecule has 0 saturated carbocycles. The zero-order chi connectivity index (χ0) is 18.7. The van der Waals surface area contributed by atoms with E-state index in [2.05, 4.69) is 15.3 Å². The van der Waals surface area contributed by atoms with E-state index in [1.54, 1.807) is 37.5 Å². The van der Waals surface area contributed by atoms with Crippen molar-refractivity contribution in [2.24, 2.45) is 0 Å². The number of H-pyrrole nitrogens is 1. The van der Waals surface area contributed by atoms with Gasteiger partial charge in [-0.25, -0.2) is 4.98 Å². The number of non-ortho nitro benzene ring substituents is 2. The lowest BCUT2D eigenvalue weighted by molar-refractivity contribution is -0.385. The van der Waals surface area contributed by atoms with Crippen molar-refractivity contribution in [3.63, 3.8) is 0 Å². The first-order valence-corrected chi connectivity index (χ1v) is 7.71. The number of aromatic amines is 1. The van der Waals surface area contributed by atoms with Gasteiger partial charge in [0, 0.05) is 29.8 Å². The second-order valence-corrected chi connectivity index (χ2v) is 5.56. The Labute approximate surface area is 148 Å². The summed E-state index contributed by atoms with van der Waals surface area (Å²) in [5, 5.41) is 24.6. The molecular formula is C17H15N5O4. The van der Waals surface area contributed by atoms with Crippen LogP contribution in [0.15, 0.2) is 54.7 Å². The van der Waals surface area contributed by atoms with Crippen LogP contribution in [0.5, 0.6) is 0 Å². The molecule has 132 valence electrons. The van der Waals surface area contributed by atoms with E-state index in [1.807, 2.05) is 0 Å². The van der Waals surface area contributed by atoms with Gasteiger partial charge in [0.2, 0.25) is 0 Å². The summed E-state index contributed by atoms with van der Waals surface area (Å²) in [7, 11) is 1.76. The lowest BCUT2D eigenvalue weighted by atomic mass is 10.1. The van der Waals surface area contributed by atoms with Gasteiger partial charge in [-0.05, 0) is 24.7 Å². The molecule has 2 aromatic carbocycles. The molecule has 0 aliphatic carbocycles. The fourth-order valence-corrected chi connectivity index (χ4v) is 2.64. The number of rotatable bonds is 6. The van der Waals surface area contributed by atoms with Crippen LogP contribution in [-0.4, -0.2) is 26.9 Å². The summed E-state index contributed by atoms with van der Waals surface area (Å²) in [5.41, 5.74) is 2.36. The van der Waals surface area contributed by atoms with Crippen molar-refractivity contribution in [2.75, 3.05) is 7.05 Å². The number of nitrogens with zero attached hydrogens (tertiary/aromatic N) is 3. The van der Waals surface area contributed by atoms with Crippen LogP contribution in [0.25, 0.3) is 11.3 Å². The van der Waals surface area contributed by atoms with E-state index in [0.717, 1.165) is 16.8 Å². The van der Waals surface area contributed by atoms with Crippen LogP contribution in [0.2, 0.25) is 0 Å². The van der Waals surface area contributed by atoms with Crippen LogP contribution in [0, 0.1) is 20.2 Å². The molecule has 3 aromatic rings. The summed E-state index contributed by atoms with van der Waals surface area (Å²) in [6.45, 7) is 0. The second kappa shape index (κ2) is 7.11. The monoisotopic (exact) mass is 353 g/mol. The maximum absolute atomic E-state index is 10.8. The van der Waals surface area contributed by atoms with E-state index in [4.69, 9.17) is 0 Å². The maximum atomic E-state index is 10.8. The fraction of sp³-hybridized carbons (Fsp3) is 0.118. The van der Waals surface area contributed by atoms with Crippen LogP contribution in [0.4, 0.5) is 11.4 Å². The molecule has 0 amide bonds. The Morgan fingerprint density at radius 2 is 1.50 bits per heavy atom. The highest BCUT2D eigenvalue weighted by Gasteiger charge is 2.17. The highest BCUT2D eigenvalue weighted by atomic mass is 16.6. The molecule has 1 aromatic heterocycles. The summed E-state index contributed by atoms with van der Waals surface area (Å²) >= 11 is 0. The van der Waals surface area contributed by atoms with Crippen LogP contribution in [-0.2, 0) is 0 Å². The molecule has 1 atom stereocenters. The first kappa shape index (κ1) is 17.2. The standard InChI is InChI=1S/C17H15N5O4/c1-18-16(12-4-8-14(9-5-12)22(25)26)17-19-10-15(20-17)11-2-6-13(7-3-11)21(23)24/h2-10,16,18H,1H3,(H,19,20). The molecule has 0 saturated heterocycles. The minimum Gasteiger partial charge on any atom is -0.340 e. The van der Waals surface area contributed by atoms with Gasteiger partial charge in [-0.2, -0.15) is 0 Å². The molecular weight excluding hydrogens is 338 g/mol. The highest BCUT2D eigenvalue weighted by molar-refractivity contribution is 5.60.